The summed E-state index contributed by atoms with van der Waals surface area (Å²) in [5.41, 5.74) is 0.351. The topological polar surface area (TPSA) is 75.7 Å². The van der Waals surface area contributed by atoms with Crippen LogP contribution in [0.4, 0.5) is 0 Å². The molecule has 0 heterocycles. The number of carbonyl (C=O) groups excluding carboxylic acids is 1. The minimum Gasteiger partial charge on any atom is -0.383 e. The summed E-state index contributed by atoms with van der Waals surface area (Å²) in [4.78, 5) is 13.6. The van der Waals surface area contributed by atoms with Gasteiger partial charge in [-0.05, 0) is 25.1 Å². The standard InChI is InChI=1S/C13H20N2O4S/c1-4-15(2)13(16)11-6-5-7-12(10-11)20(17,18)14-8-9-19-3/h5-7,10,14H,4,8-9H2,1-3H3. The van der Waals surface area contributed by atoms with E-state index in [4.69, 9.17) is 4.74 Å². The Morgan fingerprint density at radius 3 is 2.70 bits per heavy atom. The van der Waals surface area contributed by atoms with Gasteiger partial charge in [0, 0.05) is 32.8 Å². The highest BCUT2D eigenvalue weighted by Crippen LogP contribution is 2.12. The maximum atomic E-state index is 12.0. The highest BCUT2D eigenvalue weighted by Gasteiger charge is 2.17. The fourth-order valence-corrected chi connectivity index (χ4v) is 2.58. The second-order valence-corrected chi connectivity index (χ2v) is 6.00. The fraction of sp³-hybridized carbons (Fsp3) is 0.462. The summed E-state index contributed by atoms with van der Waals surface area (Å²) in [6, 6.07) is 5.99. The van der Waals surface area contributed by atoms with Gasteiger partial charge in [-0.15, -0.1) is 0 Å². The molecule has 0 bridgehead atoms. The molecule has 0 aliphatic heterocycles. The normalized spacial score (nSPS) is 11.3. The number of hydrogen-bond acceptors (Lipinski definition) is 4. The zero-order chi connectivity index (χ0) is 15.2. The van der Waals surface area contributed by atoms with E-state index in [1.54, 1.807) is 19.2 Å². The number of nitrogens with zero attached hydrogens (tertiary/aromatic N) is 1. The van der Waals surface area contributed by atoms with Crippen LogP contribution >= 0.6 is 0 Å². The molecular formula is C13H20N2O4S. The van der Waals surface area contributed by atoms with E-state index >= 15 is 0 Å². The molecule has 1 rings (SSSR count). The molecule has 0 unspecified atom stereocenters. The summed E-state index contributed by atoms with van der Waals surface area (Å²) in [5, 5.41) is 0. The quantitative estimate of drug-likeness (QED) is 0.752. The zero-order valence-corrected chi connectivity index (χ0v) is 12.7. The molecule has 20 heavy (non-hydrogen) atoms. The summed E-state index contributed by atoms with van der Waals surface area (Å²) >= 11 is 0. The molecule has 0 aromatic heterocycles. The van der Waals surface area contributed by atoms with Crippen LogP contribution in [0.1, 0.15) is 17.3 Å². The number of carbonyl (C=O) groups is 1. The van der Waals surface area contributed by atoms with E-state index in [1.807, 2.05) is 6.92 Å². The molecule has 0 radical (unpaired) electrons. The van der Waals surface area contributed by atoms with Gasteiger partial charge in [0.05, 0.1) is 11.5 Å². The number of methoxy groups -OCH3 is 1. The van der Waals surface area contributed by atoms with Gasteiger partial charge in [0.2, 0.25) is 10.0 Å². The number of benzene rings is 1. The number of hydrogen-bond donors (Lipinski definition) is 1. The van der Waals surface area contributed by atoms with Crippen LogP contribution in [-0.4, -0.2) is 53.1 Å². The first kappa shape index (κ1) is 16.6. The van der Waals surface area contributed by atoms with Gasteiger partial charge < -0.3 is 9.64 Å². The maximum absolute atomic E-state index is 12.0. The third-order valence-electron chi connectivity index (χ3n) is 2.81. The van der Waals surface area contributed by atoms with Crippen molar-refractivity contribution >= 4 is 15.9 Å². The van der Waals surface area contributed by atoms with Crippen molar-refractivity contribution in [3.8, 4) is 0 Å². The molecule has 1 aromatic carbocycles. The highest BCUT2D eigenvalue weighted by atomic mass is 32.2. The number of rotatable bonds is 7. The Kier molecular flexibility index (Phi) is 6.12. The Morgan fingerprint density at radius 1 is 1.40 bits per heavy atom. The first-order chi connectivity index (χ1) is 9.42. The lowest BCUT2D eigenvalue weighted by Crippen LogP contribution is -2.28. The number of nitrogens with one attached hydrogen (secondary N) is 1. The van der Waals surface area contributed by atoms with E-state index in [2.05, 4.69) is 4.72 Å². The Bertz CT molecular complexity index is 557. The molecule has 0 aliphatic carbocycles. The molecule has 0 saturated carbocycles. The zero-order valence-electron chi connectivity index (χ0n) is 11.9. The Balaban J connectivity index is 2.95. The molecule has 6 nitrogen and oxygen atoms in total. The molecule has 0 spiro atoms. The van der Waals surface area contributed by atoms with Crippen LogP contribution in [0.25, 0.3) is 0 Å². The van der Waals surface area contributed by atoms with Crippen LogP contribution in [0.3, 0.4) is 0 Å². The van der Waals surface area contributed by atoms with Gasteiger partial charge in [-0.25, -0.2) is 13.1 Å². The Hall–Kier alpha value is -1.44. The van der Waals surface area contributed by atoms with Crippen molar-refractivity contribution in [2.24, 2.45) is 0 Å². The second kappa shape index (κ2) is 7.37. The first-order valence-electron chi connectivity index (χ1n) is 6.26. The summed E-state index contributed by atoms with van der Waals surface area (Å²) in [7, 11) is -0.460. The van der Waals surface area contributed by atoms with E-state index in [0.29, 0.717) is 12.1 Å². The summed E-state index contributed by atoms with van der Waals surface area (Å²) in [6.07, 6.45) is 0. The molecular weight excluding hydrogens is 280 g/mol. The fourth-order valence-electron chi connectivity index (χ4n) is 1.52. The third kappa shape index (κ3) is 4.29. The molecule has 1 aromatic rings. The minimum absolute atomic E-state index is 0.0731. The molecule has 1 N–H and O–H groups in total. The first-order valence-corrected chi connectivity index (χ1v) is 7.74. The van der Waals surface area contributed by atoms with Crippen LogP contribution in [0, 0.1) is 0 Å². The van der Waals surface area contributed by atoms with Crippen LogP contribution in [0.2, 0.25) is 0 Å². The van der Waals surface area contributed by atoms with E-state index in [9.17, 15) is 13.2 Å². The maximum Gasteiger partial charge on any atom is 0.253 e. The van der Waals surface area contributed by atoms with Crippen molar-refractivity contribution in [3.63, 3.8) is 0 Å². The van der Waals surface area contributed by atoms with Crippen LogP contribution in [0.15, 0.2) is 29.2 Å². The molecule has 0 fully saturated rings. The monoisotopic (exact) mass is 300 g/mol. The highest BCUT2D eigenvalue weighted by molar-refractivity contribution is 7.89. The third-order valence-corrected chi connectivity index (χ3v) is 4.27. The van der Waals surface area contributed by atoms with Crippen molar-refractivity contribution in [1.82, 2.24) is 9.62 Å². The smallest absolute Gasteiger partial charge is 0.253 e. The van der Waals surface area contributed by atoms with Gasteiger partial charge in [0.1, 0.15) is 0 Å². The number of ether oxygens (including phenoxy) is 1. The summed E-state index contributed by atoms with van der Waals surface area (Å²) in [6.45, 7) is 2.88. The van der Waals surface area contributed by atoms with E-state index in [0.717, 1.165) is 0 Å². The van der Waals surface area contributed by atoms with Gasteiger partial charge in [0.25, 0.3) is 5.91 Å². The van der Waals surface area contributed by atoms with E-state index < -0.39 is 10.0 Å². The molecule has 7 heteroatoms. The lowest BCUT2D eigenvalue weighted by Gasteiger charge is -2.15. The minimum atomic E-state index is -3.62. The largest absolute Gasteiger partial charge is 0.383 e. The van der Waals surface area contributed by atoms with Crippen molar-refractivity contribution in [2.75, 3.05) is 33.9 Å². The molecule has 0 saturated heterocycles. The predicted octanol–water partition coefficient (Wildman–Crippen LogP) is 0.703. The molecule has 0 atom stereocenters. The molecule has 1 amide bonds. The average molecular weight is 300 g/mol. The SMILES string of the molecule is CCN(C)C(=O)c1cccc(S(=O)(=O)NCCOC)c1. The number of sulfonamides is 1. The van der Waals surface area contributed by atoms with Crippen molar-refractivity contribution in [2.45, 2.75) is 11.8 Å². The predicted molar refractivity (Wildman–Crippen MR) is 76.1 cm³/mol. The number of amides is 1. The van der Waals surface area contributed by atoms with Gasteiger partial charge >= 0.3 is 0 Å². The van der Waals surface area contributed by atoms with Gasteiger partial charge in [0.15, 0.2) is 0 Å². The Labute approximate surface area is 119 Å². The van der Waals surface area contributed by atoms with Gasteiger partial charge in [-0.1, -0.05) is 6.07 Å². The van der Waals surface area contributed by atoms with E-state index in [-0.39, 0.29) is 24.0 Å². The van der Waals surface area contributed by atoms with Gasteiger partial charge in [-0.3, -0.25) is 4.79 Å². The summed E-state index contributed by atoms with van der Waals surface area (Å²) < 4.78 is 31.3. The second-order valence-electron chi connectivity index (χ2n) is 4.24. The van der Waals surface area contributed by atoms with Crippen molar-refractivity contribution in [1.29, 1.82) is 0 Å². The van der Waals surface area contributed by atoms with Crippen LogP contribution in [0.5, 0.6) is 0 Å². The molecule has 112 valence electrons. The lowest BCUT2D eigenvalue weighted by molar-refractivity contribution is 0.0802. The van der Waals surface area contributed by atoms with E-state index in [1.165, 1.54) is 24.1 Å². The van der Waals surface area contributed by atoms with Crippen molar-refractivity contribution in [3.05, 3.63) is 29.8 Å². The van der Waals surface area contributed by atoms with Gasteiger partial charge in [-0.2, -0.15) is 0 Å². The lowest BCUT2D eigenvalue weighted by atomic mass is 10.2. The van der Waals surface area contributed by atoms with Crippen molar-refractivity contribution < 1.29 is 17.9 Å². The summed E-state index contributed by atoms with van der Waals surface area (Å²) in [5.74, 6) is -0.207. The average Bonchev–Trinajstić information content (AvgIpc) is 2.46. The van der Waals surface area contributed by atoms with Crippen LogP contribution in [-0.2, 0) is 14.8 Å². The molecule has 0 aliphatic rings. The Morgan fingerprint density at radius 2 is 2.10 bits per heavy atom. The van der Waals surface area contributed by atoms with Crippen LogP contribution < -0.4 is 4.72 Å².